The maximum absolute atomic E-state index is 15.0. The molecule has 584 valence electrons. The summed E-state index contributed by atoms with van der Waals surface area (Å²) in [5.41, 5.74) is 2.69. The predicted octanol–water partition coefficient (Wildman–Crippen LogP) is -1.12. The normalized spacial score (nSPS) is 26.4. The number of phenols is 1. The van der Waals surface area contributed by atoms with Crippen molar-refractivity contribution in [2.75, 3.05) is 90.8 Å². The largest absolute Gasteiger partial charge is 0.504 e. The van der Waals surface area contributed by atoms with Crippen molar-refractivity contribution in [3.8, 4) is 32.6 Å². The molecule has 1 saturated carbocycles. The molecule has 36 heteroatoms. The summed E-state index contributed by atoms with van der Waals surface area (Å²) in [6.45, 7) is 5.11. The molecular formula is C70H100N12O22S2. The molecule has 5 heterocycles. The number of anilines is 1. The zero-order chi connectivity index (χ0) is 76.1. The predicted molar refractivity (Wildman–Crippen MR) is 383 cm³/mol. The van der Waals surface area contributed by atoms with Crippen LogP contribution in [0.2, 0.25) is 0 Å². The van der Waals surface area contributed by atoms with E-state index >= 15 is 4.79 Å². The highest BCUT2D eigenvalue weighted by Crippen LogP contribution is 2.35. The number of methoxy groups -OCH3 is 1. The molecule has 4 saturated heterocycles. The third-order valence-electron chi connectivity index (χ3n) is 20.1. The van der Waals surface area contributed by atoms with Crippen molar-refractivity contribution in [1.29, 1.82) is 0 Å². The summed E-state index contributed by atoms with van der Waals surface area (Å²) in [6.07, 6.45) is -3.33. The Kier molecular flexibility index (Phi) is 31.4. The lowest BCUT2D eigenvalue weighted by Gasteiger charge is -2.42. The summed E-state index contributed by atoms with van der Waals surface area (Å²) in [5.74, 6) is -9.61. The number of rotatable bonds is 29. The van der Waals surface area contributed by atoms with E-state index in [9.17, 15) is 74.7 Å². The quantitative estimate of drug-likeness (QED) is 0.0132. The van der Waals surface area contributed by atoms with Crippen LogP contribution in [0.25, 0.3) is 21.1 Å². The van der Waals surface area contributed by atoms with Gasteiger partial charge in [-0.1, -0.05) is 58.7 Å². The molecule has 9 rings (SSSR count). The number of phenolic OH excluding ortho intramolecular Hbond substituents is 1. The summed E-state index contributed by atoms with van der Waals surface area (Å²) in [4.78, 5) is 109. The van der Waals surface area contributed by atoms with Crippen molar-refractivity contribution in [3.05, 3.63) is 77.9 Å². The molecule has 0 bridgehead atoms. The molecule has 0 spiro atoms. The molecule has 13 atom stereocenters. The first-order valence-electron chi connectivity index (χ1n) is 35.9. The van der Waals surface area contributed by atoms with Crippen LogP contribution in [0.5, 0.6) is 11.5 Å². The first-order valence-corrected chi connectivity index (χ1v) is 37.4. The van der Waals surface area contributed by atoms with Gasteiger partial charge in [0, 0.05) is 120 Å². The minimum absolute atomic E-state index is 0.0181. The minimum atomic E-state index is -2.16. The molecule has 1 aliphatic carbocycles. The zero-order valence-electron chi connectivity index (χ0n) is 59.4. The van der Waals surface area contributed by atoms with Crippen molar-refractivity contribution in [3.63, 3.8) is 0 Å². The molecule has 1 aromatic heterocycles. The van der Waals surface area contributed by atoms with E-state index in [0.29, 0.717) is 27.7 Å². The molecular weight excluding hydrogens is 1420 g/mol. The fourth-order valence-electron chi connectivity index (χ4n) is 14.0. The number of hydrogen-bond donors (Lipinski definition) is 16. The number of aliphatic hydroxyl groups is 8. The number of aromatic nitrogens is 2. The second-order valence-corrected chi connectivity index (χ2v) is 29.1. The third-order valence-corrected chi connectivity index (χ3v) is 21.5. The fraction of sp³-hybridized carbons (Fsp3) is 0.614. The summed E-state index contributed by atoms with van der Waals surface area (Å²) < 4.78 is 20.8. The molecule has 34 nitrogen and oxygen atoms in total. The zero-order valence-corrected chi connectivity index (χ0v) is 61.1. The van der Waals surface area contributed by atoms with E-state index in [1.165, 1.54) is 55.4 Å². The monoisotopic (exact) mass is 1520 g/mol. The average Bonchev–Trinajstić information content (AvgIpc) is 1.68. The smallest absolute Gasteiger partial charge is 0.261 e. The van der Waals surface area contributed by atoms with Gasteiger partial charge in [-0.05, 0) is 113 Å². The molecule has 1 unspecified atom stereocenters. The molecule has 0 radical (unpaired) electrons. The van der Waals surface area contributed by atoms with Gasteiger partial charge in [-0.2, -0.15) is 0 Å². The van der Waals surface area contributed by atoms with Crippen LogP contribution in [0.1, 0.15) is 100 Å². The number of fused-ring (bicyclic) bond motifs is 2. The highest BCUT2D eigenvalue weighted by atomic mass is 32.2. The van der Waals surface area contributed by atoms with Gasteiger partial charge in [-0.3, -0.25) is 38.5 Å². The van der Waals surface area contributed by atoms with E-state index in [2.05, 4.69) is 73.4 Å². The van der Waals surface area contributed by atoms with Crippen LogP contribution < -0.4 is 41.0 Å². The van der Waals surface area contributed by atoms with E-state index in [0.717, 1.165) is 112 Å². The number of amides is 7. The topological polar surface area (TPSA) is 479 Å². The highest BCUT2D eigenvalue weighted by Gasteiger charge is 2.50. The molecule has 5 fully saturated rings. The Morgan fingerprint density at radius 1 is 0.726 bits per heavy atom. The number of β-amino-alcohol motifs (C(OH)–C–C–N with tert-alkyl or cyclic N) is 1. The third kappa shape index (κ3) is 22.2. The van der Waals surface area contributed by atoms with Crippen molar-refractivity contribution >= 4 is 70.7 Å². The summed E-state index contributed by atoms with van der Waals surface area (Å²) >= 11 is 1.40. The molecule has 16 N–H and O–H groups in total. The van der Waals surface area contributed by atoms with Crippen molar-refractivity contribution in [2.24, 2.45) is 5.92 Å². The van der Waals surface area contributed by atoms with Crippen LogP contribution in [0.4, 0.5) is 5.69 Å². The molecule has 4 aromatic rings. The van der Waals surface area contributed by atoms with E-state index < -0.39 is 184 Å². The molecule has 7 amide bonds. The number of hydrogen-bond acceptors (Lipinski definition) is 29. The lowest BCUT2D eigenvalue weighted by atomic mass is 9.91. The van der Waals surface area contributed by atoms with Crippen molar-refractivity contribution < 1.29 is 108 Å². The van der Waals surface area contributed by atoms with Crippen LogP contribution in [0.15, 0.2) is 66.7 Å². The van der Waals surface area contributed by atoms with Gasteiger partial charge in [0.25, 0.3) is 18.2 Å². The number of ether oxygens (including phenoxy) is 2. The highest BCUT2D eigenvalue weighted by molar-refractivity contribution is 7.90. The Bertz CT molecular complexity index is 3520. The number of nitrogens with zero attached hydrogens (tertiary/aromatic N) is 6. The van der Waals surface area contributed by atoms with Gasteiger partial charge < -0.3 is 106 Å². The van der Waals surface area contributed by atoms with Gasteiger partial charge in [-0.25, -0.2) is 5.26 Å². The lowest BCUT2D eigenvalue weighted by molar-refractivity contribution is -0.433. The number of benzene rings is 3. The summed E-state index contributed by atoms with van der Waals surface area (Å²) in [7, 11) is 1.74. The molecule has 4 aliphatic heterocycles. The van der Waals surface area contributed by atoms with Crippen molar-refractivity contribution in [1.82, 2.24) is 56.8 Å². The van der Waals surface area contributed by atoms with Gasteiger partial charge in [0.1, 0.15) is 46.3 Å². The van der Waals surface area contributed by atoms with E-state index in [-0.39, 0.29) is 42.3 Å². The fourth-order valence-corrected chi connectivity index (χ4v) is 15.1. The van der Waals surface area contributed by atoms with E-state index in [4.69, 9.17) is 18.9 Å². The number of aromatic hydroxyl groups is 1. The summed E-state index contributed by atoms with van der Waals surface area (Å²) in [6, 6.07) is 6.17. The number of carbonyl (C=O) groups excluding carboxylic acids is 7. The number of piperazine rings is 1. The SMILES string of the molecule is COCCCCCCOC1CCC(N2CCN(c3ccc(-c4nnc(-c5ccc(C(=O)NC6C[C@@H](O)CNC(=O)[C@@H]7[C@@H](O)[C@@H](C)CN7C(=O)[C@H]([C@H](O)CCNC(CO)CO)NC(=O)[C@H]([C@H](O)Cc7ccc(O)c(OSOOO)c7)NC(=O)[C@@H]7C[C@@H](O)CN7C(=O)[C@H]([C@@H](C)O)NC6=O)cc5)s4)cc3)CC2)CC1. The Hall–Kier alpha value is -7.34. The average molecular weight is 1530 g/mol. The standard InChI is InChI=1S/C70H100N12O22S2/c1-39-35-82-60(61(39)91)66(96)72-34-48(86)32-51(73-62(92)42-9-11-43(12-10-42)67-77-78-68(105-67)44-13-15-46(16-14-44)79-24-26-80(27-25-79)47-17-19-50(20-18-47)101-29-7-5-4-6-28-100-3)63(93)74-57(40(2)85)69(97)81-36-49(87)33-52(81)64(94)75-58(55(90)30-41-8-21-53(88)56(31-41)102-106-104-103-99)65(95)76-59(70(82)98)54(89)22-23-71-45(37-83)38-84/h8-16,21,31,39-40,45,47-52,54-55,57-61,71,83-91,99H,4-7,17-20,22-30,32-38H2,1-3H3,(H,72,96)(H,73,92)(H,74,93)(H,75,94)(H,76,95)/t39-,40+,47?,48+,49+,50?,51?,52-,54+,55+,57-,58-,59-,60-,61-/m0/s1. The van der Waals surface area contributed by atoms with Gasteiger partial charge in [0.15, 0.2) is 11.5 Å². The van der Waals surface area contributed by atoms with Gasteiger partial charge >= 0.3 is 0 Å². The van der Waals surface area contributed by atoms with E-state index in [1.54, 1.807) is 19.2 Å². The first kappa shape index (κ1) is 82.7. The van der Waals surface area contributed by atoms with Gasteiger partial charge in [0.05, 0.1) is 62.0 Å². The van der Waals surface area contributed by atoms with Gasteiger partial charge in [0.2, 0.25) is 35.4 Å². The van der Waals surface area contributed by atoms with Crippen LogP contribution in [0, 0.1) is 5.92 Å². The second-order valence-electron chi connectivity index (χ2n) is 27.7. The van der Waals surface area contributed by atoms with Crippen molar-refractivity contribution in [2.45, 2.75) is 182 Å². The number of aliphatic hydroxyl groups excluding tert-OH is 8. The number of carbonyl (C=O) groups is 7. The summed E-state index contributed by atoms with van der Waals surface area (Å²) in [5, 5.41) is 137. The second kappa shape index (κ2) is 40.2. The molecule has 106 heavy (non-hydrogen) atoms. The Morgan fingerprint density at radius 3 is 2.02 bits per heavy atom. The molecule has 5 aliphatic rings. The minimum Gasteiger partial charge on any atom is -0.504 e. The van der Waals surface area contributed by atoms with E-state index in [1.807, 2.05) is 12.1 Å². The first-order chi connectivity index (χ1) is 51.0. The van der Waals surface area contributed by atoms with Gasteiger partial charge in [-0.15, -0.1) is 10.2 Å². The molecule has 3 aromatic carbocycles. The van der Waals surface area contributed by atoms with Crippen LogP contribution >= 0.6 is 23.7 Å². The van der Waals surface area contributed by atoms with Crippen LogP contribution in [0.3, 0.4) is 0 Å². The van der Waals surface area contributed by atoms with Crippen LogP contribution in [-0.2, 0) is 54.0 Å². The van der Waals surface area contributed by atoms with Crippen LogP contribution in [-0.4, -0.2) is 294 Å². The number of nitrogens with one attached hydrogen (secondary N) is 6. The lowest BCUT2D eigenvalue weighted by Crippen LogP contribution is -2.64. The number of unbranched alkanes of at least 4 members (excludes halogenated alkanes) is 3. The Morgan fingerprint density at radius 2 is 1.37 bits per heavy atom. The Balaban J connectivity index is 0.908. The maximum Gasteiger partial charge on any atom is 0.261 e. The Labute approximate surface area is 621 Å². The maximum atomic E-state index is 15.0.